The number of nitrogens with zero attached hydrogens (tertiary/aromatic N) is 1. The van der Waals surface area contributed by atoms with E-state index in [0.717, 1.165) is 5.56 Å². The molecule has 0 aliphatic rings. The summed E-state index contributed by atoms with van der Waals surface area (Å²) in [6.45, 7) is 2.04. The lowest BCUT2D eigenvalue weighted by Crippen LogP contribution is -2.02. The third-order valence-electron chi connectivity index (χ3n) is 1.94. The van der Waals surface area contributed by atoms with Gasteiger partial charge in [-0.2, -0.15) is 17.0 Å². The first-order chi connectivity index (χ1) is 7.17. The zero-order chi connectivity index (χ0) is 11.3. The molecule has 0 amide bonds. The molecule has 15 heavy (non-hydrogen) atoms. The van der Waals surface area contributed by atoms with Crippen LogP contribution in [0.15, 0.2) is 18.2 Å². The molecule has 2 nitrogen and oxygen atoms in total. The number of hydrogen-bond acceptors (Lipinski definition) is 3. The van der Waals surface area contributed by atoms with Crippen molar-refractivity contribution in [1.82, 2.24) is 0 Å². The molecule has 0 aliphatic carbocycles. The van der Waals surface area contributed by atoms with Crippen molar-refractivity contribution in [1.29, 1.82) is 5.26 Å². The number of hydrogen-bond donors (Lipinski definition) is 1. The van der Waals surface area contributed by atoms with E-state index in [1.54, 1.807) is 30.0 Å². The maximum absolute atomic E-state index is 13.0. The van der Waals surface area contributed by atoms with Gasteiger partial charge in [-0.25, -0.2) is 4.39 Å². The van der Waals surface area contributed by atoms with Gasteiger partial charge < -0.3 is 5.11 Å². The van der Waals surface area contributed by atoms with Crippen molar-refractivity contribution in [2.24, 2.45) is 0 Å². The molecule has 0 saturated heterocycles. The highest BCUT2D eigenvalue weighted by Gasteiger charge is 2.05. The molecule has 1 N–H and O–H groups in total. The van der Waals surface area contributed by atoms with Crippen molar-refractivity contribution in [2.75, 3.05) is 6.61 Å². The zero-order valence-corrected chi connectivity index (χ0v) is 9.22. The highest BCUT2D eigenvalue weighted by molar-refractivity contribution is 7.99. The molecule has 4 heteroatoms. The summed E-state index contributed by atoms with van der Waals surface area (Å²) < 4.78 is 13.0. The van der Waals surface area contributed by atoms with E-state index in [2.05, 4.69) is 0 Å². The Morgan fingerprint density at radius 3 is 2.93 bits per heavy atom. The first-order valence-electron chi connectivity index (χ1n) is 4.58. The second-order valence-electron chi connectivity index (χ2n) is 3.23. The van der Waals surface area contributed by atoms with E-state index >= 15 is 0 Å². The Hall–Kier alpha value is -1.05. The van der Waals surface area contributed by atoms with Crippen LogP contribution >= 0.6 is 11.8 Å². The summed E-state index contributed by atoms with van der Waals surface area (Å²) in [5.74, 6) is 0.193. The number of halogens is 1. The van der Waals surface area contributed by atoms with Gasteiger partial charge >= 0.3 is 0 Å². The van der Waals surface area contributed by atoms with E-state index in [1.165, 1.54) is 6.07 Å². The Kier molecular flexibility index (Phi) is 4.60. The van der Waals surface area contributed by atoms with Crippen molar-refractivity contribution in [3.8, 4) is 6.07 Å². The van der Waals surface area contributed by atoms with E-state index < -0.39 is 5.82 Å². The number of benzene rings is 1. The molecule has 1 unspecified atom stereocenters. The maximum atomic E-state index is 13.0. The lowest BCUT2D eigenvalue weighted by Gasteiger charge is -2.07. The largest absolute Gasteiger partial charge is 0.395 e. The number of rotatable bonds is 4. The standard InChI is InChI=1S/C11H12FNOS/c1-8(6-14)15-7-9-2-3-11(12)10(4-9)5-13/h2-4,8,14H,6-7H2,1H3. The summed E-state index contributed by atoms with van der Waals surface area (Å²) in [4.78, 5) is 0. The summed E-state index contributed by atoms with van der Waals surface area (Å²) in [7, 11) is 0. The normalized spacial score (nSPS) is 12.1. The quantitative estimate of drug-likeness (QED) is 0.855. The van der Waals surface area contributed by atoms with Gasteiger partial charge in [0.15, 0.2) is 0 Å². The van der Waals surface area contributed by atoms with Gasteiger partial charge in [-0.3, -0.25) is 0 Å². The Bertz CT molecular complexity index is 375. The fourth-order valence-electron chi connectivity index (χ4n) is 1.04. The van der Waals surface area contributed by atoms with Crippen molar-refractivity contribution in [2.45, 2.75) is 17.9 Å². The molecule has 0 spiro atoms. The lowest BCUT2D eigenvalue weighted by atomic mass is 10.1. The second kappa shape index (κ2) is 5.74. The van der Waals surface area contributed by atoms with E-state index in [1.807, 2.05) is 6.92 Å². The number of aliphatic hydroxyl groups is 1. The second-order valence-corrected chi connectivity index (χ2v) is 4.66. The molecule has 0 heterocycles. The first-order valence-corrected chi connectivity index (χ1v) is 5.63. The van der Waals surface area contributed by atoms with Gasteiger partial charge in [0.05, 0.1) is 12.2 Å². The van der Waals surface area contributed by atoms with Crippen molar-refractivity contribution in [3.63, 3.8) is 0 Å². The van der Waals surface area contributed by atoms with Crippen molar-refractivity contribution >= 4 is 11.8 Å². The van der Waals surface area contributed by atoms with Gasteiger partial charge in [-0.1, -0.05) is 13.0 Å². The van der Waals surface area contributed by atoms with Crippen LogP contribution in [-0.2, 0) is 5.75 Å². The molecule has 0 radical (unpaired) electrons. The average Bonchev–Trinajstić information content (AvgIpc) is 2.27. The zero-order valence-electron chi connectivity index (χ0n) is 8.40. The Balaban J connectivity index is 2.67. The van der Waals surface area contributed by atoms with Crippen LogP contribution < -0.4 is 0 Å². The van der Waals surface area contributed by atoms with Crippen LogP contribution in [-0.4, -0.2) is 17.0 Å². The van der Waals surface area contributed by atoms with Gasteiger partial charge in [0.25, 0.3) is 0 Å². The minimum atomic E-state index is -0.485. The SMILES string of the molecule is CC(CO)SCc1ccc(F)c(C#N)c1. The molecule has 0 aliphatic heterocycles. The summed E-state index contributed by atoms with van der Waals surface area (Å²) in [5.41, 5.74) is 0.975. The van der Waals surface area contributed by atoms with E-state index in [9.17, 15) is 4.39 Å². The van der Waals surface area contributed by atoms with Crippen LogP contribution in [0.1, 0.15) is 18.1 Å². The van der Waals surface area contributed by atoms with E-state index in [4.69, 9.17) is 10.4 Å². The van der Waals surface area contributed by atoms with Crippen LogP contribution in [0.2, 0.25) is 0 Å². The Morgan fingerprint density at radius 2 is 2.33 bits per heavy atom. The predicted molar refractivity (Wildman–Crippen MR) is 59.0 cm³/mol. The summed E-state index contributed by atoms with van der Waals surface area (Å²) in [6, 6.07) is 6.32. The molecule has 1 aromatic rings. The minimum absolute atomic E-state index is 0.0738. The van der Waals surface area contributed by atoms with Gasteiger partial charge in [0.1, 0.15) is 11.9 Å². The number of nitriles is 1. The molecule has 1 aromatic carbocycles. The maximum Gasteiger partial charge on any atom is 0.140 e. The van der Waals surface area contributed by atoms with Crippen LogP contribution in [0.5, 0.6) is 0 Å². The van der Waals surface area contributed by atoms with Gasteiger partial charge in [0.2, 0.25) is 0 Å². The minimum Gasteiger partial charge on any atom is -0.395 e. The van der Waals surface area contributed by atoms with Gasteiger partial charge in [0, 0.05) is 11.0 Å². The third kappa shape index (κ3) is 3.54. The number of aliphatic hydroxyl groups excluding tert-OH is 1. The van der Waals surface area contributed by atoms with Gasteiger partial charge in [-0.15, -0.1) is 0 Å². The summed E-state index contributed by atoms with van der Waals surface area (Å²) in [5, 5.41) is 17.6. The summed E-state index contributed by atoms with van der Waals surface area (Å²) in [6.07, 6.45) is 0. The molecule has 1 atom stereocenters. The summed E-state index contributed by atoms with van der Waals surface area (Å²) >= 11 is 1.57. The molecule has 0 fully saturated rings. The van der Waals surface area contributed by atoms with Crippen LogP contribution in [0.4, 0.5) is 4.39 Å². The molecular formula is C11H12FNOS. The molecule has 0 saturated carbocycles. The Morgan fingerprint density at radius 1 is 1.60 bits per heavy atom. The lowest BCUT2D eigenvalue weighted by molar-refractivity contribution is 0.300. The predicted octanol–water partition coefficient (Wildman–Crippen LogP) is 2.31. The van der Waals surface area contributed by atoms with E-state index in [-0.39, 0.29) is 17.4 Å². The Labute approximate surface area is 92.7 Å². The molecule has 1 rings (SSSR count). The topological polar surface area (TPSA) is 44.0 Å². The monoisotopic (exact) mass is 225 g/mol. The average molecular weight is 225 g/mol. The van der Waals surface area contributed by atoms with Crippen molar-refractivity contribution in [3.05, 3.63) is 35.1 Å². The fraction of sp³-hybridized carbons (Fsp3) is 0.364. The third-order valence-corrected chi connectivity index (χ3v) is 3.16. The van der Waals surface area contributed by atoms with Crippen LogP contribution in [0.25, 0.3) is 0 Å². The molecule has 80 valence electrons. The molecule has 0 aromatic heterocycles. The van der Waals surface area contributed by atoms with E-state index in [0.29, 0.717) is 5.75 Å². The smallest absolute Gasteiger partial charge is 0.140 e. The molecule has 0 bridgehead atoms. The van der Waals surface area contributed by atoms with Gasteiger partial charge in [-0.05, 0) is 17.7 Å². The van der Waals surface area contributed by atoms with Crippen LogP contribution in [0, 0.1) is 17.1 Å². The van der Waals surface area contributed by atoms with Crippen LogP contribution in [0.3, 0.4) is 0 Å². The first kappa shape index (κ1) is 12.0. The number of thioether (sulfide) groups is 1. The fourth-order valence-corrected chi connectivity index (χ4v) is 1.80. The van der Waals surface area contributed by atoms with Crippen molar-refractivity contribution < 1.29 is 9.50 Å². The highest BCUT2D eigenvalue weighted by Crippen LogP contribution is 2.19. The highest BCUT2D eigenvalue weighted by atomic mass is 32.2. The molecular weight excluding hydrogens is 213 g/mol.